The number of carbonyl (C=O) groups excluding carboxylic acids is 1. The van der Waals surface area contributed by atoms with Crippen LogP contribution >= 0.6 is 0 Å². The summed E-state index contributed by atoms with van der Waals surface area (Å²) >= 11 is 0. The van der Waals surface area contributed by atoms with Gasteiger partial charge in [0.1, 0.15) is 5.82 Å². The van der Waals surface area contributed by atoms with E-state index in [0.717, 1.165) is 0 Å². The molecule has 1 atom stereocenters. The van der Waals surface area contributed by atoms with Gasteiger partial charge in [0.25, 0.3) is 5.91 Å². The van der Waals surface area contributed by atoms with Crippen LogP contribution in [0.1, 0.15) is 30.1 Å². The maximum Gasteiger partial charge on any atom is 0.303 e. The molecule has 92 valence electrons. The number of rotatable bonds is 5. The van der Waals surface area contributed by atoms with E-state index >= 15 is 0 Å². The monoisotopic (exact) mass is 239 g/mol. The Morgan fingerprint density at radius 3 is 2.65 bits per heavy atom. The number of nitrogens with one attached hydrogen (secondary N) is 1. The first-order valence-electron chi connectivity index (χ1n) is 5.28. The third kappa shape index (κ3) is 4.22. The number of carbonyl (C=O) groups is 2. The van der Waals surface area contributed by atoms with E-state index in [1.54, 1.807) is 13.0 Å². The first-order chi connectivity index (χ1) is 8.00. The molecule has 2 N–H and O–H groups in total. The van der Waals surface area contributed by atoms with Crippen LogP contribution in [0.15, 0.2) is 24.3 Å². The zero-order chi connectivity index (χ0) is 12.8. The first kappa shape index (κ1) is 13.2. The first-order valence-corrected chi connectivity index (χ1v) is 5.28. The lowest BCUT2D eigenvalue weighted by atomic mass is 10.1. The second-order valence-corrected chi connectivity index (χ2v) is 3.79. The second kappa shape index (κ2) is 5.98. The summed E-state index contributed by atoms with van der Waals surface area (Å²) in [6.45, 7) is 1.68. The summed E-state index contributed by atoms with van der Waals surface area (Å²) in [5, 5.41) is 11.0. The van der Waals surface area contributed by atoms with Crippen LogP contribution in [0, 0.1) is 5.82 Å². The van der Waals surface area contributed by atoms with Crippen LogP contribution in [0.2, 0.25) is 0 Å². The highest BCUT2D eigenvalue weighted by molar-refractivity contribution is 5.94. The van der Waals surface area contributed by atoms with E-state index < -0.39 is 17.7 Å². The number of carboxylic acid groups (broad SMARTS) is 1. The van der Waals surface area contributed by atoms with Crippen molar-refractivity contribution in [3.8, 4) is 0 Å². The zero-order valence-electron chi connectivity index (χ0n) is 9.44. The van der Waals surface area contributed by atoms with Gasteiger partial charge in [0.2, 0.25) is 0 Å². The summed E-state index contributed by atoms with van der Waals surface area (Å²) < 4.78 is 13.2. The highest BCUT2D eigenvalue weighted by atomic mass is 19.1. The van der Waals surface area contributed by atoms with Crippen molar-refractivity contribution in [3.63, 3.8) is 0 Å². The average Bonchev–Trinajstić information content (AvgIpc) is 2.26. The molecule has 1 amide bonds. The second-order valence-electron chi connectivity index (χ2n) is 3.79. The minimum atomic E-state index is -0.919. The van der Waals surface area contributed by atoms with Gasteiger partial charge >= 0.3 is 5.97 Å². The van der Waals surface area contributed by atoms with Gasteiger partial charge in [-0.2, -0.15) is 0 Å². The van der Waals surface area contributed by atoms with Crippen molar-refractivity contribution in [1.82, 2.24) is 5.32 Å². The molecule has 17 heavy (non-hydrogen) atoms. The molecule has 0 aliphatic heterocycles. The van der Waals surface area contributed by atoms with Crippen LogP contribution in [0.4, 0.5) is 4.39 Å². The maximum absolute atomic E-state index is 13.2. The molecule has 0 bridgehead atoms. The van der Waals surface area contributed by atoms with Crippen LogP contribution in [-0.2, 0) is 4.79 Å². The molecule has 0 aliphatic carbocycles. The van der Waals surface area contributed by atoms with Crippen molar-refractivity contribution >= 4 is 11.9 Å². The Balaban J connectivity index is 2.55. The van der Waals surface area contributed by atoms with Crippen molar-refractivity contribution in [2.24, 2.45) is 0 Å². The normalized spacial score (nSPS) is 11.9. The summed E-state index contributed by atoms with van der Waals surface area (Å²) in [7, 11) is 0. The molecule has 0 aliphatic rings. The highest BCUT2D eigenvalue weighted by Gasteiger charge is 2.13. The van der Waals surface area contributed by atoms with Crippen molar-refractivity contribution < 1.29 is 19.1 Å². The van der Waals surface area contributed by atoms with E-state index in [-0.39, 0.29) is 18.0 Å². The van der Waals surface area contributed by atoms with E-state index in [0.29, 0.717) is 6.42 Å². The fraction of sp³-hybridized carbons (Fsp3) is 0.333. The standard InChI is InChI=1S/C12H14FNO3/c1-8(6-7-11(15)16)14-12(17)9-4-2-3-5-10(9)13/h2-5,8H,6-7H2,1H3,(H,14,17)(H,15,16)/t8-/m0/s1. The molecule has 0 aromatic heterocycles. The number of aliphatic carboxylic acids is 1. The van der Waals surface area contributed by atoms with E-state index in [1.807, 2.05) is 0 Å². The quantitative estimate of drug-likeness (QED) is 0.823. The smallest absolute Gasteiger partial charge is 0.303 e. The predicted octanol–water partition coefficient (Wildman–Crippen LogP) is 1.81. The topological polar surface area (TPSA) is 66.4 Å². The van der Waals surface area contributed by atoms with Gasteiger partial charge in [0.15, 0.2) is 0 Å². The molecule has 1 rings (SSSR count). The zero-order valence-corrected chi connectivity index (χ0v) is 9.44. The molecule has 0 fully saturated rings. The van der Waals surface area contributed by atoms with Crippen LogP contribution < -0.4 is 5.32 Å². The third-order valence-corrected chi connectivity index (χ3v) is 2.29. The minimum absolute atomic E-state index is 0.0290. The Hall–Kier alpha value is -1.91. The summed E-state index contributed by atoms with van der Waals surface area (Å²) in [4.78, 5) is 22.0. The van der Waals surface area contributed by atoms with Gasteiger partial charge < -0.3 is 10.4 Å². The molecular formula is C12H14FNO3. The largest absolute Gasteiger partial charge is 0.481 e. The molecule has 1 aromatic rings. The van der Waals surface area contributed by atoms with Crippen LogP contribution in [-0.4, -0.2) is 23.0 Å². The van der Waals surface area contributed by atoms with E-state index in [2.05, 4.69) is 5.32 Å². The Bertz CT molecular complexity index is 420. The summed E-state index contributed by atoms with van der Waals surface area (Å²) in [6.07, 6.45) is 0.286. The number of halogens is 1. The van der Waals surface area contributed by atoms with Crippen molar-refractivity contribution in [2.45, 2.75) is 25.8 Å². The lowest BCUT2D eigenvalue weighted by Gasteiger charge is -2.12. The summed E-state index contributed by atoms with van der Waals surface area (Å²) in [5.41, 5.74) is -0.0327. The maximum atomic E-state index is 13.2. The van der Waals surface area contributed by atoms with Gasteiger partial charge in [-0.05, 0) is 25.5 Å². The number of benzene rings is 1. The van der Waals surface area contributed by atoms with Gasteiger partial charge in [-0.1, -0.05) is 12.1 Å². The van der Waals surface area contributed by atoms with Crippen molar-refractivity contribution in [2.75, 3.05) is 0 Å². The summed E-state index contributed by atoms with van der Waals surface area (Å²) in [6, 6.07) is 5.35. The predicted molar refractivity (Wildman–Crippen MR) is 60.2 cm³/mol. The van der Waals surface area contributed by atoms with Crippen LogP contribution in [0.3, 0.4) is 0 Å². The SMILES string of the molecule is C[C@@H](CCC(=O)O)NC(=O)c1ccccc1F. The number of amides is 1. The van der Waals surface area contributed by atoms with Crippen molar-refractivity contribution in [3.05, 3.63) is 35.6 Å². The molecule has 4 nitrogen and oxygen atoms in total. The fourth-order valence-corrected chi connectivity index (χ4v) is 1.36. The lowest BCUT2D eigenvalue weighted by Crippen LogP contribution is -2.33. The number of hydrogen-bond donors (Lipinski definition) is 2. The van der Waals surface area contributed by atoms with E-state index in [9.17, 15) is 14.0 Å². The van der Waals surface area contributed by atoms with Gasteiger partial charge in [-0.15, -0.1) is 0 Å². The van der Waals surface area contributed by atoms with Gasteiger partial charge in [-0.25, -0.2) is 4.39 Å². The Morgan fingerprint density at radius 1 is 1.41 bits per heavy atom. The summed E-state index contributed by atoms with van der Waals surface area (Å²) in [5.74, 6) is -2.03. The molecule has 0 heterocycles. The average molecular weight is 239 g/mol. The molecule has 0 saturated heterocycles. The number of hydrogen-bond acceptors (Lipinski definition) is 2. The molecule has 0 saturated carbocycles. The molecule has 5 heteroatoms. The molecule has 0 unspecified atom stereocenters. The Kier molecular flexibility index (Phi) is 4.63. The Morgan fingerprint density at radius 2 is 2.06 bits per heavy atom. The van der Waals surface area contributed by atoms with E-state index in [1.165, 1.54) is 18.2 Å². The molecule has 0 spiro atoms. The highest BCUT2D eigenvalue weighted by Crippen LogP contribution is 2.07. The fourth-order valence-electron chi connectivity index (χ4n) is 1.36. The number of carboxylic acids is 1. The van der Waals surface area contributed by atoms with Crippen LogP contribution in [0.25, 0.3) is 0 Å². The minimum Gasteiger partial charge on any atom is -0.481 e. The van der Waals surface area contributed by atoms with E-state index in [4.69, 9.17) is 5.11 Å². The Labute approximate surface area is 98.5 Å². The molecular weight excluding hydrogens is 225 g/mol. The van der Waals surface area contributed by atoms with Crippen molar-refractivity contribution in [1.29, 1.82) is 0 Å². The van der Waals surface area contributed by atoms with Gasteiger partial charge in [-0.3, -0.25) is 9.59 Å². The third-order valence-electron chi connectivity index (χ3n) is 2.29. The van der Waals surface area contributed by atoms with Gasteiger partial charge in [0.05, 0.1) is 5.56 Å². The van der Waals surface area contributed by atoms with Gasteiger partial charge in [0, 0.05) is 12.5 Å². The molecule has 1 aromatic carbocycles. The molecule has 0 radical (unpaired) electrons. The van der Waals surface area contributed by atoms with Crippen LogP contribution in [0.5, 0.6) is 0 Å². The lowest BCUT2D eigenvalue weighted by molar-refractivity contribution is -0.137.